The highest BCUT2D eigenvalue weighted by Gasteiger charge is 2.20. The smallest absolute Gasteiger partial charge is 0.328 e. The van der Waals surface area contributed by atoms with Crippen LogP contribution in [0.15, 0.2) is 42.5 Å². The summed E-state index contributed by atoms with van der Waals surface area (Å²) in [4.78, 5) is 23.1. The predicted octanol–water partition coefficient (Wildman–Crippen LogP) is 0.831. The van der Waals surface area contributed by atoms with E-state index in [1.54, 1.807) is 24.3 Å². The fourth-order valence-corrected chi connectivity index (χ4v) is 2.42. The fourth-order valence-electron chi connectivity index (χ4n) is 2.42. The van der Waals surface area contributed by atoms with Gasteiger partial charge in [0.25, 0.3) is 0 Å². The van der Waals surface area contributed by atoms with Crippen LogP contribution in [0.1, 0.15) is 11.1 Å². The molecule has 0 aliphatic carbocycles. The summed E-state index contributed by atoms with van der Waals surface area (Å²) in [6, 6.07) is 9.10. The fraction of sp³-hybridized carbons (Fsp3) is 0.263. The standard InChI is InChI=1S/C19H22N2O6/c1-26-17-10-12(9-14(20)18(23)24)4-7-16(17)27-19(25)15(21)8-11-2-5-13(22)6-3-11/h2-7,10,14-15,22H,8-9,20-21H2,1H3,(H,23,24)/t14-,15-/m0/s1. The van der Waals surface area contributed by atoms with E-state index in [-0.39, 0.29) is 30.1 Å². The van der Waals surface area contributed by atoms with Gasteiger partial charge in [-0.1, -0.05) is 18.2 Å². The quantitative estimate of drug-likeness (QED) is 0.393. The number of carboxylic acids is 1. The number of carbonyl (C=O) groups is 2. The Kier molecular flexibility index (Phi) is 6.75. The minimum absolute atomic E-state index is 0.111. The van der Waals surface area contributed by atoms with E-state index >= 15 is 0 Å². The van der Waals surface area contributed by atoms with E-state index in [1.165, 1.54) is 25.3 Å². The van der Waals surface area contributed by atoms with Crippen LogP contribution in [0.4, 0.5) is 0 Å². The molecule has 0 radical (unpaired) electrons. The Morgan fingerprint density at radius 2 is 1.56 bits per heavy atom. The number of benzene rings is 2. The Hall–Kier alpha value is -3.10. The van der Waals surface area contributed by atoms with E-state index in [1.807, 2.05) is 0 Å². The van der Waals surface area contributed by atoms with Crippen molar-refractivity contribution in [3.05, 3.63) is 53.6 Å². The van der Waals surface area contributed by atoms with E-state index < -0.39 is 24.0 Å². The molecule has 2 atom stereocenters. The number of phenolic OH excluding ortho intramolecular Hbond substituents is 1. The molecule has 2 aromatic rings. The summed E-state index contributed by atoms with van der Waals surface area (Å²) in [5, 5.41) is 18.2. The van der Waals surface area contributed by atoms with Crippen molar-refractivity contribution in [2.75, 3.05) is 7.11 Å². The van der Waals surface area contributed by atoms with Crippen LogP contribution < -0.4 is 20.9 Å². The first-order valence-corrected chi connectivity index (χ1v) is 8.20. The molecule has 0 saturated heterocycles. The number of nitrogens with two attached hydrogens (primary N) is 2. The SMILES string of the molecule is COc1cc(C[C@H](N)C(=O)O)ccc1OC(=O)[C@@H](N)Cc1ccc(O)cc1. The summed E-state index contributed by atoms with van der Waals surface area (Å²) in [6.45, 7) is 0. The van der Waals surface area contributed by atoms with Gasteiger partial charge in [-0.05, 0) is 48.2 Å². The Morgan fingerprint density at radius 1 is 0.963 bits per heavy atom. The first-order valence-electron chi connectivity index (χ1n) is 8.20. The third-order valence-corrected chi connectivity index (χ3v) is 3.91. The topological polar surface area (TPSA) is 145 Å². The van der Waals surface area contributed by atoms with Gasteiger partial charge in [0, 0.05) is 0 Å². The molecular formula is C19H22N2O6. The number of esters is 1. The predicted molar refractivity (Wildman–Crippen MR) is 97.7 cm³/mol. The highest BCUT2D eigenvalue weighted by Crippen LogP contribution is 2.29. The number of carbonyl (C=O) groups excluding carboxylic acids is 1. The minimum Gasteiger partial charge on any atom is -0.508 e. The van der Waals surface area contributed by atoms with Crippen LogP contribution in [-0.2, 0) is 22.4 Å². The molecule has 8 nitrogen and oxygen atoms in total. The van der Waals surface area contributed by atoms with Crippen LogP contribution in [0.3, 0.4) is 0 Å². The number of aliphatic carboxylic acids is 1. The second-order valence-corrected chi connectivity index (χ2v) is 6.03. The van der Waals surface area contributed by atoms with Crippen molar-refractivity contribution in [1.82, 2.24) is 0 Å². The molecule has 8 heteroatoms. The molecular weight excluding hydrogens is 352 g/mol. The average Bonchev–Trinajstić information content (AvgIpc) is 2.64. The Balaban J connectivity index is 2.05. The lowest BCUT2D eigenvalue weighted by Crippen LogP contribution is -2.36. The van der Waals surface area contributed by atoms with Crippen molar-refractivity contribution in [2.45, 2.75) is 24.9 Å². The van der Waals surface area contributed by atoms with Crippen LogP contribution in [0, 0.1) is 0 Å². The number of methoxy groups -OCH3 is 1. The Morgan fingerprint density at radius 3 is 2.15 bits per heavy atom. The van der Waals surface area contributed by atoms with Crippen molar-refractivity contribution < 1.29 is 29.3 Å². The molecule has 0 heterocycles. The van der Waals surface area contributed by atoms with Crippen LogP contribution in [-0.4, -0.2) is 41.3 Å². The van der Waals surface area contributed by atoms with Crippen molar-refractivity contribution in [1.29, 1.82) is 0 Å². The molecule has 0 unspecified atom stereocenters. The number of aromatic hydroxyl groups is 1. The van der Waals surface area contributed by atoms with Gasteiger partial charge in [-0.3, -0.25) is 4.79 Å². The molecule has 0 saturated carbocycles. The molecule has 2 rings (SSSR count). The number of hydrogen-bond donors (Lipinski definition) is 4. The largest absolute Gasteiger partial charge is 0.508 e. The number of hydrogen-bond acceptors (Lipinski definition) is 7. The van der Waals surface area contributed by atoms with Crippen LogP contribution in [0.25, 0.3) is 0 Å². The number of rotatable bonds is 8. The summed E-state index contributed by atoms with van der Waals surface area (Å²) in [6.07, 6.45) is 0.354. The zero-order chi connectivity index (χ0) is 20.0. The van der Waals surface area contributed by atoms with E-state index in [9.17, 15) is 14.7 Å². The second kappa shape index (κ2) is 9.02. The second-order valence-electron chi connectivity index (χ2n) is 6.03. The first kappa shape index (κ1) is 20.2. The number of phenols is 1. The maximum atomic E-state index is 12.3. The molecule has 144 valence electrons. The van der Waals surface area contributed by atoms with Crippen molar-refractivity contribution in [2.24, 2.45) is 11.5 Å². The molecule has 6 N–H and O–H groups in total. The first-order chi connectivity index (χ1) is 12.8. The number of carboxylic acid groups (broad SMARTS) is 1. The lowest BCUT2D eigenvalue weighted by Gasteiger charge is -2.15. The molecule has 0 fully saturated rings. The van der Waals surface area contributed by atoms with Gasteiger partial charge >= 0.3 is 11.9 Å². The van der Waals surface area contributed by atoms with Crippen molar-refractivity contribution >= 4 is 11.9 Å². The lowest BCUT2D eigenvalue weighted by atomic mass is 10.1. The highest BCUT2D eigenvalue weighted by atomic mass is 16.6. The molecule has 0 bridgehead atoms. The third kappa shape index (κ3) is 5.70. The zero-order valence-corrected chi connectivity index (χ0v) is 14.8. The molecule has 2 aromatic carbocycles. The summed E-state index contributed by atoms with van der Waals surface area (Å²) in [7, 11) is 1.41. The molecule has 0 aliphatic rings. The van der Waals surface area contributed by atoms with Gasteiger partial charge in [0.15, 0.2) is 11.5 Å². The molecule has 0 aliphatic heterocycles. The zero-order valence-electron chi connectivity index (χ0n) is 14.8. The summed E-state index contributed by atoms with van der Waals surface area (Å²) in [5.74, 6) is -1.17. The van der Waals surface area contributed by atoms with Gasteiger partial charge < -0.3 is 31.2 Å². The Labute approximate surface area is 156 Å². The van der Waals surface area contributed by atoms with E-state index in [0.717, 1.165) is 5.56 Å². The molecule has 27 heavy (non-hydrogen) atoms. The minimum atomic E-state index is -1.11. The summed E-state index contributed by atoms with van der Waals surface area (Å²) >= 11 is 0. The summed E-state index contributed by atoms with van der Waals surface area (Å²) in [5.41, 5.74) is 12.8. The van der Waals surface area contributed by atoms with Gasteiger partial charge in [-0.15, -0.1) is 0 Å². The van der Waals surface area contributed by atoms with Crippen LogP contribution in [0.5, 0.6) is 17.2 Å². The maximum Gasteiger partial charge on any atom is 0.328 e. The van der Waals surface area contributed by atoms with Crippen molar-refractivity contribution in [3.8, 4) is 17.2 Å². The van der Waals surface area contributed by atoms with E-state index in [2.05, 4.69) is 0 Å². The molecule has 0 aromatic heterocycles. The average molecular weight is 374 g/mol. The number of ether oxygens (including phenoxy) is 2. The summed E-state index contributed by atoms with van der Waals surface area (Å²) < 4.78 is 10.5. The van der Waals surface area contributed by atoms with Gasteiger partial charge in [0.05, 0.1) is 7.11 Å². The normalized spacial score (nSPS) is 12.9. The van der Waals surface area contributed by atoms with Gasteiger partial charge in [0.1, 0.15) is 17.8 Å². The van der Waals surface area contributed by atoms with E-state index in [0.29, 0.717) is 5.56 Å². The lowest BCUT2D eigenvalue weighted by molar-refractivity contribution is -0.138. The van der Waals surface area contributed by atoms with Crippen LogP contribution >= 0.6 is 0 Å². The van der Waals surface area contributed by atoms with Gasteiger partial charge in [-0.25, -0.2) is 4.79 Å². The van der Waals surface area contributed by atoms with Gasteiger partial charge in [-0.2, -0.15) is 0 Å². The Bertz CT molecular complexity index is 806. The molecule has 0 spiro atoms. The van der Waals surface area contributed by atoms with Crippen molar-refractivity contribution in [3.63, 3.8) is 0 Å². The molecule has 0 amide bonds. The maximum absolute atomic E-state index is 12.3. The highest BCUT2D eigenvalue weighted by molar-refractivity contribution is 5.79. The monoisotopic (exact) mass is 374 g/mol. The van der Waals surface area contributed by atoms with E-state index in [4.69, 9.17) is 26.0 Å². The third-order valence-electron chi connectivity index (χ3n) is 3.91. The van der Waals surface area contributed by atoms with Gasteiger partial charge in [0.2, 0.25) is 0 Å². The van der Waals surface area contributed by atoms with Crippen LogP contribution in [0.2, 0.25) is 0 Å².